The molecule has 5 rings (SSSR count). The monoisotopic (exact) mass is 559 g/mol. The largest absolute Gasteiger partial charge is 0.496 e. The lowest BCUT2D eigenvalue weighted by Crippen LogP contribution is -2.55. The highest BCUT2D eigenvalue weighted by Gasteiger charge is 2.60. The van der Waals surface area contributed by atoms with Gasteiger partial charge in [-0.1, -0.05) is 30.1 Å². The summed E-state index contributed by atoms with van der Waals surface area (Å²) >= 11 is 12.8. The third-order valence-electron chi connectivity index (χ3n) is 6.92. The standard InChI is InChI=1S/C26H23Cl2N3O7/c1-12-8-14(30-16-9-13(4-5-15(16)27)24(34)31-7-6-29-25(31)35)10-19(32)26(12)23(33)20-17(36-2)11-18(37-3)21(28)22(20)38-26/h4-5,9-12,30H,6-8H2,1-3H3,(H,29,35). The van der Waals surface area contributed by atoms with E-state index >= 15 is 0 Å². The minimum atomic E-state index is -1.82. The average Bonchev–Trinajstić information content (AvgIpc) is 3.46. The molecule has 2 N–H and O–H groups in total. The average molecular weight is 560 g/mol. The topological polar surface area (TPSA) is 123 Å². The van der Waals surface area contributed by atoms with Gasteiger partial charge >= 0.3 is 6.03 Å². The molecule has 0 saturated carbocycles. The molecule has 0 radical (unpaired) electrons. The molecular weight excluding hydrogens is 537 g/mol. The fourth-order valence-corrected chi connectivity index (χ4v) is 5.39. The molecule has 12 heteroatoms. The number of carbonyl (C=O) groups is 4. The van der Waals surface area contributed by atoms with E-state index in [1.54, 1.807) is 6.92 Å². The van der Waals surface area contributed by atoms with E-state index in [-0.39, 0.29) is 46.4 Å². The second-order valence-corrected chi connectivity index (χ2v) is 9.90. The number of allylic oxidation sites excluding steroid dienone is 1. The van der Waals surface area contributed by atoms with Gasteiger partial charge in [0.15, 0.2) is 5.75 Å². The Morgan fingerprint density at radius 2 is 1.89 bits per heavy atom. The normalized spacial score (nSPS) is 22.1. The molecule has 2 aromatic carbocycles. The highest BCUT2D eigenvalue weighted by molar-refractivity contribution is 6.36. The summed E-state index contributed by atoms with van der Waals surface area (Å²) in [5, 5.41) is 6.06. The fraction of sp³-hybridized carbons (Fsp3) is 0.308. The zero-order valence-electron chi connectivity index (χ0n) is 20.6. The fourth-order valence-electron chi connectivity index (χ4n) is 4.96. The number of carbonyl (C=O) groups excluding carboxylic acids is 4. The van der Waals surface area contributed by atoms with Crippen LogP contribution in [0.1, 0.15) is 34.1 Å². The van der Waals surface area contributed by atoms with Crippen LogP contribution in [0.25, 0.3) is 0 Å². The summed E-state index contributed by atoms with van der Waals surface area (Å²) in [6, 6.07) is 5.58. The van der Waals surface area contributed by atoms with Crippen LogP contribution in [-0.2, 0) is 4.79 Å². The van der Waals surface area contributed by atoms with Crippen LogP contribution >= 0.6 is 23.2 Å². The molecule has 10 nitrogen and oxygen atoms in total. The number of rotatable bonds is 5. The molecule has 38 heavy (non-hydrogen) atoms. The number of ether oxygens (including phenoxy) is 3. The number of hydrogen-bond donors (Lipinski definition) is 2. The number of amides is 3. The summed E-state index contributed by atoms with van der Waals surface area (Å²) in [4.78, 5) is 53.0. The summed E-state index contributed by atoms with van der Waals surface area (Å²) in [5.41, 5.74) is -0.635. The van der Waals surface area contributed by atoms with Gasteiger partial charge in [-0.15, -0.1) is 0 Å². The van der Waals surface area contributed by atoms with Crippen molar-refractivity contribution in [3.8, 4) is 17.2 Å². The third kappa shape index (κ3) is 3.86. The van der Waals surface area contributed by atoms with Crippen LogP contribution in [0.5, 0.6) is 17.2 Å². The van der Waals surface area contributed by atoms with Gasteiger partial charge in [0.05, 0.1) is 24.9 Å². The molecule has 2 aliphatic heterocycles. The van der Waals surface area contributed by atoms with Gasteiger partial charge in [-0.05, 0) is 24.6 Å². The molecule has 198 valence electrons. The maximum atomic E-state index is 13.6. The van der Waals surface area contributed by atoms with E-state index in [1.165, 1.54) is 44.6 Å². The van der Waals surface area contributed by atoms with Crippen LogP contribution in [0.4, 0.5) is 10.5 Å². The zero-order chi connectivity index (χ0) is 27.4. The van der Waals surface area contributed by atoms with E-state index in [0.29, 0.717) is 23.0 Å². The number of ketones is 2. The molecule has 2 atom stereocenters. The van der Waals surface area contributed by atoms with Gasteiger partial charge in [-0.3, -0.25) is 19.3 Å². The Labute approximate surface area is 227 Å². The van der Waals surface area contributed by atoms with E-state index < -0.39 is 35.0 Å². The molecular formula is C26H23Cl2N3O7. The number of benzene rings is 2. The number of imide groups is 1. The van der Waals surface area contributed by atoms with Crippen molar-refractivity contribution < 1.29 is 33.4 Å². The van der Waals surface area contributed by atoms with Gasteiger partial charge in [-0.25, -0.2) is 4.79 Å². The number of urea groups is 1. The Morgan fingerprint density at radius 1 is 1.16 bits per heavy atom. The maximum absolute atomic E-state index is 13.6. The quantitative estimate of drug-likeness (QED) is 0.525. The van der Waals surface area contributed by atoms with Crippen molar-refractivity contribution in [1.82, 2.24) is 10.2 Å². The predicted octanol–water partition coefficient (Wildman–Crippen LogP) is 4.09. The lowest BCUT2D eigenvalue weighted by molar-refractivity contribution is -0.129. The number of nitrogens with zero attached hydrogens (tertiary/aromatic N) is 1. The molecule has 0 aromatic heterocycles. The number of fused-ring (bicyclic) bond motifs is 1. The molecule has 2 heterocycles. The summed E-state index contributed by atoms with van der Waals surface area (Å²) in [5.74, 6) is -1.72. The first-order chi connectivity index (χ1) is 18.1. The number of Topliss-reactive ketones (excluding diaryl/α,β-unsaturated/α-hetero) is 1. The number of halogens is 2. The van der Waals surface area contributed by atoms with E-state index in [4.69, 9.17) is 37.4 Å². The maximum Gasteiger partial charge on any atom is 0.324 e. The second-order valence-electron chi connectivity index (χ2n) is 9.11. The van der Waals surface area contributed by atoms with E-state index in [0.717, 1.165) is 4.90 Å². The molecule has 1 saturated heterocycles. The lowest BCUT2D eigenvalue weighted by Gasteiger charge is -2.35. The highest BCUT2D eigenvalue weighted by Crippen LogP contribution is 2.53. The van der Waals surface area contributed by atoms with Gasteiger partial charge in [0.1, 0.15) is 22.1 Å². The first kappa shape index (κ1) is 25.9. The minimum Gasteiger partial charge on any atom is -0.496 e. The first-order valence-corrected chi connectivity index (χ1v) is 12.5. The van der Waals surface area contributed by atoms with Crippen molar-refractivity contribution in [2.75, 3.05) is 32.6 Å². The zero-order valence-corrected chi connectivity index (χ0v) is 22.2. The van der Waals surface area contributed by atoms with Crippen LogP contribution < -0.4 is 24.8 Å². The molecule has 1 aliphatic carbocycles. The van der Waals surface area contributed by atoms with Gasteiger partial charge in [0.2, 0.25) is 17.2 Å². The van der Waals surface area contributed by atoms with Gasteiger partial charge < -0.3 is 24.8 Å². The minimum absolute atomic E-state index is 0.0399. The van der Waals surface area contributed by atoms with Gasteiger partial charge in [0, 0.05) is 42.4 Å². The van der Waals surface area contributed by atoms with E-state index in [1.807, 2.05) is 0 Å². The van der Waals surface area contributed by atoms with Crippen LogP contribution in [0.3, 0.4) is 0 Å². The third-order valence-corrected chi connectivity index (χ3v) is 7.61. The molecule has 1 fully saturated rings. The lowest BCUT2D eigenvalue weighted by atomic mass is 9.74. The van der Waals surface area contributed by atoms with Crippen molar-refractivity contribution in [3.63, 3.8) is 0 Å². The summed E-state index contributed by atoms with van der Waals surface area (Å²) in [6.07, 6.45) is 1.53. The molecule has 2 unspecified atom stereocenters. The molecule has 2 aromatic rings. The van der Waals surface area contributed by atoms with Crippen molar-refractivity contribution >= 4 is 52.4 Å². The summed E-state index contributed by atoms with van der Waals surface area (Å²) < 4.78 is 16.7. The highest BCUT2D eigenvalue weighted by atomic mass is 35.5. The summed E-state index contributed by atoms with van der Waals surface area (Å²) in [7, 11) is 2.82. The predicted molar refractivity (Wildman–Crippen MR) is 139 cm³/mol. The number of methoxy groups -OCH3 is 2. The number of nitrogens with one attached hydrogen (secondary N) is 2. The van der Waals surface area contributed by atoms with Crippen LogP contribution in [0.15, 0.2) is 36.0 Å². The van der Waals surface area contributed by atoms with Crippen LogP contribution in [0, 0.1) is 5.92 Å². The van der Waals surface area contributed by atoms with Gasteiger partial charge in [0.25, 0.3) is 5.91 Å². The van der Waals surface area contributed by atoms with Crippen molar-refractivity contribution in [1.29, 1.82) is 0 Å². The number of anilines is 1. The Bertz CT molecular complexity index is 1440. The smallest absolute Gasteiger partial charge is 0.324 e. The molecule has 1 spiro atoms. The first-order valence-electron chi connectivity index (χ1n) is 11.7. The Kier molecular flexibility index (Phi) is 6.48. The molecule has 3 amide bonds. The SMILES string of the molecule is COc1cc(OC)c2c(c1Cl)OC1(C(=O)C=C(Nc3cc(C(=O)N4CCNC4=O)ccc3Cl)CC1C)C2=O. The molecule has 0 bridgehead atoms. The van der Waals surface area contributed by atoms with Crippen molar-refractivity contribution in [3.05, 3.63) is 57.2 Å². The second kappa shape index (κ2) is 9.52. The van der Waals surface area contributed by atoms with Crippen molar-refractivity contribution in [2.24, 2.45) is 5.92 Å². The van der Waals surface area contributed by atoms with E-state index in [2.05, 4.69) is 10.6 Å². The van der Waals surface area contributed by atoms with Crippen molar-refractivity contribution in [2.45, 2.75) is 18.9 Å². The Hall–Kier alpha value is -3.76. The van der Waals surface area contributed by atoms with Crippen LogP contribution in [0.2, 0.25) is 10.0 Å². The number of hydrogen-bond acceptors (Lipinski definition) is 8. The Morgan fingerprint density at radius 3 is 2.53 bits per heavy atom. The van der Waals surface area contributed by atoms with Gasteiger partial charge in [-0.2, -0.15) is 0 Å². The molecule has 3 aliphatic rings. The summed E-state index contributed by atoms with van der Waals surface area (Å²) in [6.45, 7) is 2.37. The Balaban J connectivity index is 1.45. The van der Waals surface area contributed by atoms with Crippen LogP contribution in [-0.4, -0.2) is 61.3 Å². The van der Waals surface area contributed by atoms with E-state index in [9.17, 15) is 19.2 Å².